The van der Waals surface area contributed by atoms with Gasteiger partial charge in [-0.3, -0.25) is 14.4 Å². The van der Waals surface area contributed by atoms with Crippen molar-refractivity contribution in [3.8, 4) is 0 Å². The smallest absolute Gasteiger partial charge is 0.295 e. The molecule has 1 aliphatic heterocycles. The Morgan fingerprint density at radius 3 is 2.26 bits per heavy atom. The van der Waals surface area contributed by atoms with Crippen LogP contribution in [0.2, 0.25) is 0 Å². The Hall–Kier alpha value is -2.04. The lowest BCUT2D eigenvalue weighted by atomic mass is 9.77. The predicted molar refractivity (Wildman–Crippen MR) is 83.4 cm³/mol. The van der Waals surface area contributed by atoms with E-state index >= 15 is 0 Å². The maximum Gasteiger partial charge on any atom is 0.295 e. The highest BCUT2D eigenvalue weighted by atomic mass is 19.1. The summed E-state index contributed by atoms with van der Waals surface area (Å²) >= 11 is 0. The molecule has 2 unspecified atom stereocenters. The van der Waals surface area contributed by atoms with Crippen molar-refractivity contribution in [1.82, 2.24) is 0 Å². The highest BCUT2D eigenvalue weighted by Gasteiger charge is 2.52. The molecule has 2 atom stereocenters. The van der Waals surface area contributed by atoms with Crippen molar-refractivity contribution < 1.29 is 18.8 Å². The van der Waals surface area contributed by atoms with E-state index in [1.54, 1.807) is 0 Å². The Labute approximate surface area is 134 Å². The van der Waals surface area contributed by atoms with E-state index < -0.39 is 29.5 Å². The summed E-state index contributed by atoms with van der Waals surface area (Å²) in [6.07, 6.45) is 5.06. The molecule has 0 aromatic heterocycles. The van der Waals surface area contributed by atoms with E-state index in [-0.39, 0.29) is 11.7 Å². The first-order chi connectivity index (χ1) is 11.0. The van der Waals surface area contributed by atoms with Crippen LogP contribution in [0.4, 0.5) is 10.1 Å². The second-order valence-corrected chi connectivity index (χ2v) is 6.49. The van der Waals surface area contributed by atoms with Gasteiger partial charge in [-0.2, -0.15) is 0 Å². The Kier molecular flexibility index (Phi) is 4.28. The summed E-state index contributed by atoms with van der Waals surface area (Å²) in [5.41, 5.74) is 0.490. The van der Waals surface area contributed by atoms with Crippen LogP contribution in [0.3, 0.4) is 0 Å². The summed E-state index contributed by atoms with van der Waals surface area (Å²) in [6.45, 7) is 1.37. The quantitative estimate of drug-likeness (QED) is 0.636. The largest absolute Gasteiger partial charge is 0.301 e. The first-order valence-corrected chi connectivity index (χ1v) is 8.14. The second kappa shape index (κ2) is 6.22. The molecule has 1 saturated carbocycles. The molecule has 122 valence electrons. The fourth-order valence-corrected chi connectivity index (χ4v) is 3.97. The molecule has 1 amide bonds. The van der Waals surface area contributed by atoms with Gasteiger partial charge in [-0.1, -0.05) is 19.3 Å². The third-order valence-electron chi connectivity index (χ3n) is 5.03. The number of ketones is 2. The van der Waals surface area contributed by atoms with Crippen molar-refractivity contribution in [2.45, 2.75) is 45.1 Å². The van der Waals surface area contributed by atoms with Crippen molar-refractivity contribution in [3.05, 3.63) is 30.1 Å². The number of amides is 1. The summed E-state index contributed by atoms with van der Waals surface area (Å²) in [5.74, 6) is -2.69. The van der Waals surface area contributed by atoms with Crippen LogP contribution < -0.4 is 4.90 Å². The maximum absolute atomic E-state index is 13.2. The molecule has 1 aromatic carbocycles. The SMILES string of the molecule is CC(=O)C1C(=O)C(=O)N(c2ccc(F)cc2)C1C1CCCCC1. The zero-order valence-electron chi connectivity index (χ0n) is 13.1. The standard InChI is InChI=1S/C18H20FNO3/c1-11(21)15-16(12-5-3-2-4-6-12)20(18(23)17(15)22)14-9-7-13(19)8-10-14/h7-10,12,15-16H,2-6H2,1H3. The van der Waals surface area contributed by atoms with Crippen LogP contribution >= 0.6 is 0 Å². The van der Waals surface area contributed by atoms with Crippen molar-refractivity contribution in [2.24, 2.45) is 11.8 Å². The summed E-state index contributed by atoms with van der Waals surface area (Å²) in [6, 6.07) is 5.11. The van der Waals surface area contributed by atoms with Gasteiger partial charge in [0.25, 0.3) is 5.91 Å². The molecule has 1 aromatic rings. The van der Waals surface area contributed by atoms with Crippen LogP contribution in [-0.4, -0.2) is 23.5 Å². The molecule has 3 rings (SSSR count). The summed E-state index contributed by atoms with van der Waals surface area (Å²) in [4.78, 5) is 38.3. The van der Waals surface area contributed by atoms with Crippen molar-refractivity contribution in [3.63, 3.8) is 0 Å². The van der Waals surface area contributed by atoms with Crippen LogP contribution in [-0.2, 0) is 14.4 Å². The fraction of sp³-hybridized carbons (Fsp3) is 0.500. The lowest BCUT2D eigenvalue weighted by molar-refractivity contribution is -0.138. The number of carbonyl (C=O) groups is 3. The van der Waals surface area contributed by atoms with E-state index in [0.717, 1.165) is 32.1 Å². The molecule has 2 fully saturated rings. The number of Topliss-reactive ketones (excluding diaryl/α,β-unsaturated/α-hetero) is 2. The van der Waals surface area contributed by atoms with Gasteiger partial charge < -0.3 is 4.90 Å². The van der Waals surface area contributed by atoms with Crippen molar-refractivity contribution in [1.29, 1.82) is 0 Å². The molecular formula is C18H20FNO3. The highest BCUT2D eigenvalue weighted by molar-refractivity contribution is 6.48. The van der Waals surface area contributed by atoms with Crippen LogP contribution in [0, 0.1) is 17.7 Å². The van der Waals surface area contributed by atoms with E-state index in [9.17, 15) is 18.8 Å². The minimum Gasteiger partial charge on any atom is -0.301 e. The number of benzene rings is 1. The Balaban J connectivity index is 2.02. The molecule has 0 spiro atoms. The van der Waals surface area contributed by atoms with Crippen LogP contribution in [0.25, 0.3) is 0 Å². The summed E-state index contributed by atoms with van der Waals surface area (Å²) in [7, 11) is 0. The lowest BCUT2D eigenvalue weighted by Gasteiger charge is -2.35. The van der Waals surface area contributed by atoms with E-state index in [2.05, 4.69) is 0 Å². The number of halogens is 1. The zero-order chi connectivity index (χ0) is 16.6. The number of anilines is 1. The minimum absolute atomic E-state index is 0.137. The third kappa shape index (κ3) is 2.80. The second-order valence-electron chi connectivity index (χ2n) is 6.49. The van der Waals surface area contributed by atoms with Gasteiger partial charge in [0.15, 0.2) is 0 Å². The molecule has 1 aliphatic carbocycles. The highest BCUT2D eigenvalue weighted by Crippen LogP contribution is 2.39. The molecule has 1 saturated heterocycles. The van der Waals surface area contributed by atoms with Gasteiger partial charge in [0.2, 0.25) is 5.78 Å². The van der Waals surface area contributed by atoms with Crippen molar-refractivity contribution in [2.75, 3.05) is 4.90 Å². The van der Waals surface area contributed by atoms with Crippen LogP contribution in [0.1, 0.15) is 39.0 Å². The van der Waals surface area contributed by atoms with E-state index in [0.29, 0.717) is 5.69 Å². The first-order valence-electron chi connectivity index (χ1n) is 8.14. The molecule has 23 heavy (non-hydrogen) atoms. The molecule has 5 heteroatoms. The third-order valence-corrected chi connectivity index (χ3v) is 5.03. The van der Waals surface area contributed by atoms with E-state index in [1.807, 2.05) is 0 Å². The van der Waals surface area contributed by atoms with E-state index in [4.69, 9.17) is 0 Å². The number of nitrogens with zero attached hydrogens (tertiary/aromatic N) is 1. The number of hydrogen-bond acceptors (Lipinski definition) is 3. The number of hydrogen-bond donors (Lipinski definition) is 0. The van der Waals surface area contributed by atoms with Crippen molar-refractivity contribution >= 4 is 23.2 Å². The van der Waals surface area contributed by atoms with Gasteiger partial charge in [-0.15, -0.1) is 0 Å². The number of rotatable bonds is 3. The Morgan fingerprint density at radius 1 is 1.09 bits per heavy atom. The molecule has 1 heterocycles. The normalized spacial score (nSPS) is 25.9. The Morgan fingerprint density at radius 2 is 1.70 bits per heavy atom. The molecule has 4 nitrogen and oxygen atoms in total. The van der Waals surface area contributed by atoms with Gasteiger partial charge in [0.05, 0.1) is 6.04 Å². The van der Waals surface area contributed by atoms with Gasteiger partial charge in [-0.05, 0) is 49.9 Å². The lowest BCUT2D eigenvalue weighted by Crippen LogP contribution is -2.43. The Bertz CT molecular complexity index is 634. The first kappa shape index (κ1) is 15.8. The average Bonchev–Trinajstić information content (AvgIpc) is 2.81. The van der Waals surface area contributed by atoms with Gasteiger partial charge in [0, 0.05) is 5.69 Å². The fourth-order valence-electron chi connectivity index (χ4n) is 3.97. The topological polar surface area (TPSA) is 54.5 Å². The molecule has 2 aliphatic rings. The van der Waals surface area contributed by atoms with Gasteiger partial charge in [0.1, 0.15) is 17.5 Å². The average molecular weight is 317 g/mol. The maximum atomic E-state index is 13.2. The summed E-state index contributed by atoms with van der Waals surface area (Å²) < 4.78 is 13.2. The van der Waals surface area contributed by atoms with E-state index in [1.165, 1.54) is 36.1 Å². The molecule has 0 radical (unpaired) electrons. The van der Waals surface area contributed by atoms with Gasteiger partial charge >= 0.3 is 0 Å². The predicted octanol–water partition coefficient (Wildman–Crippen LogP) is 2.90. The summed E-state index contributed by atoms with van der Waals surface area (Å²) in [5, 5.41) is 0. The monoisotopic (exact) mass is 317 g/mol. The minimum atomic E-state index is -0.893. The number of carbonyl (C=O) groups excluding carboxylic acids is 3. The van der Waals surface area contributed by atoms with Crippen LogP contribution in [0.15, 0.2) is 24.3 Å². The molecular weight excluding hydrogens is 297 g/mol. The van der Waals surface area contributed by atoms with Crippen LogP contribution in [0.5, 0.6) is 0 Å². The van der Waals surface area contributed by atoms with Gasteiger partial charge in [-0.25, -0.2) is 4.39 Å². The molecule has 0 bridgehead atoms. The molecule has 0 N–H and O–H groups in total. The zero-order valence-corrected chi connectivity index (χ0v) is 13.1.